The van der Waals surface area contributed by atoms with Crippen LogP contribution in [0.25, 0.3) is 11.1 Å². The largest absolute Gasteiger partial charge is 0.490 e. The smallest absolute Gasteiger partial charge is 0.416 e. The predicted molar refractivity (Wildman–Crippen MR) is 125 cm³/mol. The summed E-state index contributed by atoms with van der Waals surface area (Å²) < 4.78 is 46.0. The second-order valence-corrected chi connectivity index (χ2v) is 8.19. The fourth-order valence-corrected chi connectivity index (χ4v) is 3.98. The maximum absolute atomic E-state index is 13.4. The SMILES string of the molecule is O=C(Nc1cccc(OC2CCN(C(=O)O)CC2)c1)c1cc(C(F)(F)F)ccc1-c1ccccc1. The van der Waals surface area contributed by atoms with Crippen LogP contribution in [0.15, 0.2) is 72.8 Å². The lowest BCUT2D eigenvalue weighted by Gasteiger charge is -2.30. The Morgan fingerprint density at radius 2 is 1.66 bits per heavy atom. The Bertz CT molecular complexity index is 1210. The number of rotatable bonds is 5. The molecule has 1 saturated heterocycles. The van der Waals surface area contributed by atoms with Gasteiger partial charge in [-0.15, -0.1) is 0 Å². The number of carbonyl (C=O) groups excluding carboxylic acids is 1. The minimum atomic E-state index is -4.59. The summed E-state index contributed by atoms with van der Waals surface area (Å²) >= 11 is 0. The van der Waals surface area contributed by atoms with Crippen LogP contribution in [-0.4, -0.2) is 41.2 Å². The highest BCUT2D eigenvalue weighted by molar-refractivity contribution is 6.09. The summed E-state index contributed by atoms with van der Waals surface area (Å²) in [6.45, 7) is 0.739. The molecule has 0 unspecified atom stereocenters. The number of piperidine rings is 1. The van der Waals surface area contributed by atoms with Crippen LogP contribution in [0.5, 0.6) is 5.75 Å². The summed E-state index contributed by atoms with van der Waals surface area (Å²) in [6, 6.07) is 18.4. The number of nitrogens with zero attached hydrogens (tertiary/aromatic N) is 1. The van der Waals surface area contributed by atoms with Gasteiger partial charge in [0.25, 0.3) is 5.91 Å². The Morgan fingerprint density at radius 1 is 0.943 bits per heavy atom. The van der Waals surface area contributed by atoms with E-state index >= 15 is 0 Å². The number of likely N-dealkylation sites (tertiary alicyclic amines) is 1. The van der Waals surface area contributed by atoms with E-state index in [4.69, 9.17) is 9.84 Å². The topological polar surface area (TPSA) is 78.9 Å². The molecule has 2 N–H and O–H groups in total. The lowest BCUT2D eigenvalue weighted by Crippen LogP contribution is -2.41. The van der Waals surface area contributed by atoms with Gasteiger partial charge >= 0.3 is 12.3 Å². The molecular weight excluding hydrogens is 461 g/mol. The molecule has 3 aromatic rings. The number of benzene rings is 3. The van der Waals surface area contributed by atoms with Gasteiger partial charge in [0.1, 0.15) is 11.9 Å². The maximum Gasteiger partial charge on any atom is 0.416 e. The van der Waals surface area contributed by atoms with Gasteiger partial charge < -0.3 is 20.1 Å². The van der Waals surface area contributed by atoms with E-state index in [1.54, 1.807) is 54.6 Å². The van der Waals surface area contributed by atoms with Gasteiger partial charge in [-0.3, -0.25) is 4.79 Å². The Labute approximate surface area is 199 Å². The highest BCUT2D eigenvalue weighted by atomic mass is 19.4. The van der Waals surface area contributed by atoms with Gasteiger partial charge in [-0.1, -0.05) is 42.5 Å². The molecule has 1 aliphatic heterocycles. The molecule has 3 aromatic carbocycles. The third-order valence-corrected chi connectivity index (χ3v) is 5.78. The minimum absolute atomic E-state index is 0.0987. The van der Waals surface area contributed by atoms with Gasteiger partial charge in [0.05, 0.1) is 5.56 Å². The van der Waals surface area contributed by atoms with E-state index in [0.717, 1.165) is 12.1 Å². The molecule has 35 heavy (non-hydrogen) atoms. The number of anilines is 1. The van der Waals surface area contributed by atoms with Crippen molar-refractivity contribution in [2.45, 2.75) is 25.1 Å². The first-order valence-corrected chi connectivity index (χ1v) is 11.0. The zero-order valence-electron chi connectivity index (χ0n) is 18.6. The standard InChI is InChI=1S/C26H23F3N2O4/c27-26(28,29)18-9-10-22(17-5-2-1-3-6-17)23(15-18)24(32)30-19-7-4-8-21(16-19)35-20-11-13-31(14-12-20)25(33)34/h1-10,15-16,20H,11-14H2,(H,30,32)(H,33,34). The number of hydrogen-bond acceptors (Lipinski definition) is 3. The molecule has 0 atom stereocenters. The van der Waals surface area contributed by atoms with Crippen molar-refractivity contribution >= 4 is 17.7 Å². The molecule has 0 spiro atoms. The van der Waals surface area contributed by atoms with Crippen LogP contribution in [-0.2, 0) is 6.18 Å². The molecule has 0 bridgehead atoms. The van der Waals surface area contributed by atoms with Crippen molar-refractivity contribution in [2.24, 2.45) is 0 Å². The second kappa shape index (κ2) is 10.1. The van der Waals surface area contributed by atoms with Gasteiger partial charge in [-0.05, 0) is 35.4 Å². The average molecular weight is 484 g/mol. The molecule has 1 fully saturated rings. The van der Waals surface area contributed by atoms with Crippen LogP contribution in [0.2, 0.25) is 0 Å². The fraction of sp³-hybridized carbons (Fsp3) is 0.231. The summed E-state index contributed by atoms with van der Waals surface area (Å²) in [5.41, 5.74) is 0.363. The van der Waals surface area contributed by atoms with Crippen molar-refractivity contribution < 1.29 is 32.6 Å². The van der Waals surface area contributed by atoms with Crippen LogP contribution in [0.3, 0.4) is 0 Å². The molecule has 0 radical (unpaired) electrons. The molecular formula is C26H23F3N2O4. The van der Waals surface area contributed by atoms with Crippen molar-refractivity contribution in [3.8, 4) is 16.9 Å². The van der Waals surface area contributed by atoms with Gasteiger partial charge in [0.2, 0.25) is 0 Å². The molecule has 182 valence electrons. The number of hydrogen-bond donors (Lipinski definition) is 2. The highest BCUT2D eigenvalue weighted by Crippen LogP contribution is 2.34. The van der Waals surface area contributed by atoms with Crippen molar-refractivity contribution in [3.05, 3.63) is 83.9 Å². The summed E-state index contributed by atoms with van der Waals surface area (Å²) in [7, 11) is 0. The van der Waals surface area contributed by atoms with Crippen LogP contribution >= 0.6 is 0 Å². The van der Waals surface area contributed by atoms with Gasteiger partial charge in [0, 0.05) is 43.2 Å². The summed E-state index contributed by atoms with van der Waals surface area (Å²) in [4.78, 5) is 25.5. The van der Waals surface area contributed by atoms with E-state index in [0.29, 0.717) is 48.5 Å². The average Bonchev–Trinajstić information content (AvgIpc) is 2.84. The first-order chi connectivity index (χ1) is 16.7. The highest BCUT2D eigenvalue weighted by Gasteiger charge is 2.32. The van der Waals surface area contributed by atoms with E-state index in [9.17, 15) is 22.8 Å². The third kappa shape index (κ3) is 5.92. The number of carboxylic acid groups (broad SMARTS) is 1. The van der Waals surface area contributed by atoms with Crippen molar-refractivity contribution in [1.29, 1.82) is 0 Å². The monoisotopic (exact) mass is 484 g/mol. The maximum atomic E-state index is 13.4. The third-order valence-electron chi connectivity index (χ3n) is 5.78. The van der Waals surface area contributed by atoms with E-state index < -0.39 is 23.7 Å². The molecule has 6 nitrogen and oxygen atoms in total. The van der Waals surface area contributed by atoms with E-state index in [1.165, 1.54) is 11.0 Å². The lowest BCUT2D eigenvalue weighted by molar-refractivity contribution is -0.137. The normalized spacial score (nSPS) is 14.4. The Kier molecular flexibility index (Phi) is 6.95. The summed E-state index contributed by atoms with van der Waals surface area (Å²) in [5, 5.41) is 11.7. The van der Waals surface area contributed by atoms with Gasteiger partial charge in [0.15, 0.2) is 0 Å². The predicted octanol–water partition coefficient (Wildman–Crippen LogP) is 6.15. The van der Waals surface area contributed by atoms with Crippen LogP contribution in [0.4, 0.5) is 23.7 Å². The Hall–Kier alpha value is -4.01. The zero-order valence-corrected chi connectivity index (χ0v) is 18.6. The lowest BCUT2D eigenvalue weighted by atomic mass is 9.96. The molecule has 4 rings (SSSR count). The number of nitrogens with one attached hydrogen (secondary N) is 1. The number of alkyl halides is 3. The second-order valence-electron chi connectivity index (χ2n) is 8.19. The summed E-state index contributed by atoms with van der Waals surface area (Å²) in [5.74, 6) is -0.203. The molecule has 0 saturated carbocycles. The van der Waals surface area contributed by atoms with Crippen LogP contribution in [0.1, 0.15) is 28.8 Å². The molecule has 2 amide bonds. The van der Waals surface area contributed by atoms with Crippen LogP contribution < -0.4 is 10.1 Å². The zero-order chi connectivity index (χ0) is 25.0. The van der Waals surface area contributed by atoms with Crippen molar-refractivity contribution in [1.82, 2.24) is 4.90 Å². The number of carbonyl (C=O) groups is 2. The van der Waals surface area contributed by atoms with E-state index in [2.05, 4.69) is 5.32 Å². The minimum Gasteiger partial charge on any atom is -0.490 e. The summed E-state index contributed by atoms with van der Waals surface area (Å²) in [6.07, 6.45) is -4.66. The van der Waals surface area contributed by atoms with Gasteiger partial charge in [-0.25, -0.2) is 4.79 Å². The Balaban J connectivity index is 1.53. The number of amides is 2. The van der Waals surface area contributed by atoms with Crippen molar-refractivity contribution in [3.63, 3.8) is 0 Å². The molecule has 1 aliphatic rings. The number of halogens is 3. The quantitative estimate of drug-likeness (QED) is 0.456. The first kappa shape index (κ1) is 24.1. The van der Waals surface area contributed by atoms with Gasteiger partial charge in [-0.2, -0.15) is 13.2 Å². The molecule has 9 heteroatoms. The molecule has 0 aromatic heterocycles. The van der Waals surface area contributed by atoms with Crippen LogP contribution in [0, 0.1) is 0 Å². The van der Waals surface area contributed by atoms with E-state index in [1.807, 2.05) is 0 Å². The molecule has 0 aliphatic carbocycles. The van der Waals surface area contributed by atoms with E-state index in [-0.39, 0.29) is 11.7 Å². The fourth-order valence-electron chi connectivity index (χ4n) is 3.98. The van der Waals surface area contributed by atoms with Crippen molar-refractivity contribution in [2.75, 3.05) is 18.4 Å². The Morgan fingerprint density at radius 3 is 2.31 bits per heavy atom. The first-order valence-electron chi connectivity index (χ1n) is 11.0. The number of ether oxygens (including phenoxy) is 1. The molecule has 1 heterocycles.